The van der Waals surface area contributed by atoms with Crippen molar-refractivity contribution in [3.05, 3.63) is 17.7 Å². The average Bonchev–Trinajstić information content (AvgIpc) is 2.37. The van der Waals surface area contributed by atoms with Crippen LogP contribution in [0.5, 0.6) is 17.2 Å². The van der Waals surface area contributed by atoms with Crippen LogP contribution in [0.3, 0.4) is 0 Å². The molecule has 18 heavy (non-hydrogen) atoms. The molecular weight excluding hydrogens is 236 g/mol. The molecule has 0 aliphatic rings. The molecule has 0 bridgehead atoms. The minimum Gasteiger partial charge on any atom is -0.493 e. The van der Waals surface area contributed by atoms with Gasteiger partial charge in [-0.05, 0) is 17.7 Å². The van der Waals surface area contributed by atoms with Crippen molar-refractivity contribution in [1.29, 1.82) is 0 Å². The first-order valence-electron chi connectivity index (χ1n) is 5.45. The van der Waals surface area contributed by atoms with Gasteiger partial charge in [-0.1, -0.05) is 0 Å². The summed E-state index contributed by atoms with van der Waals surface area (Å²) in [4.78, 5) is 11.5. The summed E-state index contributed by atoms with van der Waals surface area (Å²) in [7, 11) is 6.11. The van der Waals surface area contributed by atoms with Gasteiger partial charge in [-0.25, -0.2) is 0 Å². The monoisotopic (exact) mass is 254 g/mol. The Balaban J connectivity index is 3.03. The van der Waals surface area contributed by atoms with E-state index in [2.05, 4.69) is 0 Å². The predicted octanol–water partition coefficient (Wildman–Crippen LogP) is 1.47. The van der Waals surface area contributed by atoms with Crippen molar-refractivity contribution in [3.8, 4) is 17.2 Å². The lowest BCUT2D eigenvalue weighted by molar-refractivity contribution is -0.121. The SMILES string of the molecule is COCC(=O)Cc1cc(OC)c(OC)c(OC)c1. The Hall–Kier alpha value is -1.75. The van der Waals surface area contributed by atoms with Crippen LogP contribution in [0.1, 0.15) is 5.56 Å². The van der Waals surface area contributed by atoms with Crippen LogP contribution in [0.25, 0.3) is 0 Å². The van der Waals surface area contributed by atoms with Gasteiger partial charge in [0.1, 0.15) is 6.61 Å². The van der Waals surface area contributed by atoms with Crippen LogP contribution in [-0.4, -0.2) is 40.8 Å². The molecule has 100 valence electrons. The largest absolute Gasteiger partial charge is 0.493 e. The normalized spacial score (nSPS) is 10.0. The summed E-state index contributed by atoms with van der Waals surface area (Å²) in [6, 6.07) is 3.52. The van der Waals surface area contributed by atoms with E-state index in [1.54, 1.807) is 12.1 Å². The number of carbonyl (C=O) groups is 1. The summed E-state index contributed by atoms with van der Waals surface area (Å²) < 4.78 is 20.4. The van der Waals surface area contributed by atoms with Gasteiger partial charge in [0.2, 0.25) is 5.75 Å². The number of benzene rings is 1. The lowest BCUT2D eigenvalue weighted by Gasteiger charge is -2.13. The predicted molar refractivity (Wildman–Crippen MR) is 66.7 cm³/mol. The van der Waals surface area contributed by atoms with E-state index >= 15 is 0 Å². The third-order valence-corrected chi connectivity index (χ3v) is 2.43. The summed E-state index contributed by atoms with van der Waals surface area (Å²) in [6.07, 6.45) is 0.268. The molecular formula is C13H18O5. The van der Waals surface area contributed by atoms with Crippen LogP contribution in [-0.2, 0) is 16.0 Å². The summed E-state index contributed by atoms with van der Waals surface area (Å²) in [5.74, 6) is 1.59. The maximum Gasteiger partial charge on any atom is 0.203 e. The van der Waals surface area contributed by atoms with Gasteiger partial charge in [-0.3, -0.25) is 4.79 Å². The summed E-state index contributed by atoms with van der Waals surface area (Å²) >= 11 is 0. The fraction of sp³-hybridized carbons (Fsp3) is 0.462. The zero-order chi connectivity index (χ0) is 13.5. The average molecular weight is 254 g/mol. The minimum atomic E-state index is -0.00762. The molecule has 0 atom stereocenters. The van der Waals surface area contributed by atoms with Crippen LogP contribution in [0.2, 0.25) is 0 Å². The molecule has 1 rings (SSSR count). The number of Topliss-reactive ketones (excluding diaryl/α,β-unsaturated/α-hetero) is 1. The molecule has 1 aromatic rings. The van der Waals surface area contributed by atoms with Crippen LogP contribution in [0, 0.1) is 0 Å². The maximum absolute atomic E-state index is 11.5. The fourth-order valence-corrected chi connectivity index (χ4v) is 1.68. The molecule has 0 N–H and O–H groups in total. The van der Waals surface area contributed by atoms with Gasteiger partial charge in [0.15, 0.2) is 17.3 Å². The van der Waals surface area contributed by atoms with Crippen LogP contribution < -0.4 is 14.2 Å². The second kappa shape index (κ2) is 6.86. The van der Waals surface area contributed by atoms with E-state index in [-0.39, 0.29) is 18.8 Å². The van der Waals surface area contributed by atoms with E-state index in [9.17, 15) is 4.79 Å². The van der Waals surface area contributed by atoms with Crippen LogP contribution in [0.15, 0.2) is 12.1 Å². The zero-order valence-corrected chi connectivity index (χ0v) is 11.1. The number of ether oxygens (including phenoxy) is 4. The third-order valence-electron chi connectivity index (χ3n) is 2.43. The zero-order valence-electron chi connectivity index (χ0n) is 11.1. The number of ketones is 1. The van der Waals surface area contributed by atoms with E-state index in [0.717, 1.165) is 5.56 Å². The molecule has 0 spiro atoms. The topological polar surface area (TPSA) is 54.0 Å². The number of methoxy groups -OCH3 is 4. The number of hydrogen-bond acceptors (Lipinski definition) is 5. The molecule has 0 radical (unpaired) electrons. The van der Waals surface area contributed by atoms with Crippen molar-refractivity contribution in [2.45, 2.75) is 6.42 Å². The van der Waals surface area contributed by atoms with Crippen molar-refractivity contribution in [2.24, 2.45) is 0 Å². The highest BCUT2D eigenvalue weighted by Crippen LogP contribution is 2.38. The smallest absolute Gasteiger partial charge is 0.203 e. The minimum absolute atomic E-state index is 0.00762. The Bertz CT molecular complexity index is 389. The van der Waals surface area contributed by atoms with Gasteiger partial charge in [0.05, 0.1) is 21.3 Å². The fourth-order valence-electron chi connectivity index (χ4n) is 1.68. The van der Waals surface area contributed by atoms with Crippen molar-refractivity contribution >= 4 is 5.78 Å². The van der Waals surface area contributed by atoms with E-state index in [4.69, 9.17) is 18.9 Å². The molecule has 0 saturated heterocycles. The lowest BCUT2D eigenvalue weighted by Crippen LogP contribution is -2.10. The Morgan fingerprint density at radius 1 is 1.00 bits per heavy atom. The Morgan fingerprint density at radius 3 is 1.94 bits per heavy atom. The summed E-state index contributed by atoms with van der Waals surface area (Å²) in [5.41, 5.74) is 0.798. The van der Waals surface area contributed by atoms with Crippen LogP contribution >= 0.6 is 0 Å². The number of carbonyl (C=O) groups excluding carboxylic acids is 1. The highest BCUT2D eigenvalue weighted by Gasteiger charge is 2.14. The first kappa shape index (κ1) is 14.3. The van der Waals surface area contributed by atoms with Gasteiger partial charge in [-0.15, -0.1) is 0 Å². The standard InChI is InChI=1S/C13H18O5/c1-15-8-10(14)5-9-6-11(16-2)13(18-4)12(7-9)17-3/h6-7H,5,8H2,1-4H3. The Morgan fingerprint density at radius 2 is 1.56 bits per heavy atom. The molecule has 5 nitrogen and oxygen atoms in total. The second-order valence-corrected chi connectivity index (χ2v) is 3.68. The Labute approximate surface area is 107 Å². The van der Waals surface area contributed by atoms with Crippen LogP contribution in [0.4, 0.5) is 0 Å². The summed E-state index contributed by atoms with van der Waals surface area (Å²) in [5, 5.41) is 0. The first-order chi connectivity index (χ1) is 8.65. The quantitative estimate of drug-likeness (QED) is 0.737. The van der Waals surface area contributed by atoms with Gasteiger partial charge in [0.25, 0.3) is 0 Å². The van der Waals surface area contributed by atoms with Gasteiger partial charge >= 0.3 is 0 Å². The van der Waals surface area contributed by atoms with E-state index in [0.29, 0.717) is 17.2 Å². The van der Waals surface area contributed by atoms with Gasteiger partial charge in [-0.2, -0.15) is 0 Å². The molecule has 0 aliphatic carbocycles. The molecule has 0 saturated carbocycles. The molecule has 1 aromatic carbocycles. The molecule has 0 aliphatic heterocycles. The molecule has 0 heterocycles. The third kappa shape index (κ3) is 3.37. The first-order valence-corrected chi connectivity index (χ1v) is 5.45. The molecule has 0 aromatic heterocycles. The van der Waals surface area contributed by atoms with Gasteiger partial charge < -0.3 is 18.9 Å². The van der Waals surface area contributed by atoms with E-state index < -0.39 is 0 Å². The Kier molecular flexibility index (Phi) is 5.45. The highest BCUT2D eigenvalue weighted by molar-refractivity contribution is 5.82. The molecule has 0 unspecified atom stereocenters. The summed E-state index contributed by atoms with van der Waals surface area (Å²) in [6.45, 7) is 0.0939. The lowest BCUT2D eigenvalue weighted by atomic mass is 10.1. The van der Waals surface area contributed by atoms with E-state index in [1.165, 1.54) is 28.4 Å². The molecule has 5 heteroatoms. The number of rotatable bonds is 7. The van der Waals surface area contributed by atoms with Crippen molar-refractivity contribution in [3.63, 3.8) is 0 Å². The van der Waals surface area contributed by atoms with E-state index in [1.807, 2.05) is 0 Å². The van der Waals surface area contributed by atoms with Crippen molar-refractivity contribution in [1.82, 2.24) is 0 Å². The van der Waals surface area contributed by atoms with Crippen molar-refractivity contribution in [2.75, 3.05) is 35.0 Å². The molecule has 0 fully saturated rings. The maximum atomic E-state index is 11.5. The molecule has 0 amide bonds. The second-order valence-electron chi connectivity index (χ2n) is 3.68. The number of hydrogen-bond donors (Lipinski definition) is 0. The highest BCUT2D eigenvalue weighted by atomic mass is 16.5. The van der Waals surface area contributed by atoms with Gasteiger partial charge in [0, 0.05) is 13.5 Å². The van der Waals surface area contributed by atoms with Crippen molar-refractivity contribution < 1.29 is 23.7 Å².